The molecule has 28 heteroatoms. The normalized spacial score (nSPS) is 19.3. The Balaban J connectivity index is 0.000000141. The fourth-order valence-corrected chi connectivity index (χ4v) is 19.4. The summed E-state index contributed by atoms with van der Waals surface area (Å²) in [5.41, 5.74) is 9.28. The largest absolute Gasteiger partial charge is 0.493 e. The molecule has 1 saturated carbocycles. The summed E-state index contributed by atoms with van der Waals surface area (Å²) < 4.78 is 51.2. The molecule has 123 heavy (non-hydrogen) atoms. The van der Waals surface area contributed by atoms with E-state index in [0.29, 0.717) is 111 Å². The predicted octanol–water partition coefficient (Wildman–Crippen LogP) is 17.9. The first-order valence-corrected chi connectivity index (χ1v) is 52.0. The lowest BCUT2D eigenvalue weighted by atomic mass is 9.94. The first-order chi connectivity index (χ1) is 59.3. The molecule has 3 amide bonds. The van der Waals surface area contributed by atoms with Crippen LogP contribution in [-0.2, 0) is 42.1 Å². The molecule has 3 aromatic carbocycles. The third-order valence-electron chi connectivity index (χ3n) is 25.0. The molecule has 14 heterocycles. The van der Waals surface area contributed by atoms with Crippen LogP contribution in [0, 0.1) is 0 Å². The van der Waals surface area contributed by atoms with Gasteiger partial charge < -0.3 is 67.2 Å². The number of hydrogen-bond donors (Lipinski definition) is 1. The van der Waals surface area contributed by atoms with E-state index < -0.39 is 16.1 Å². The highest BCUT2D eigenvalue weighted by Gasteiger charge is 2.36. The Labute approximate surface area is 727 Å². The lowest BCUT2D eigenvalue weighted by Gasteiger charge is -2.37. The third kappa shape index (κ3) is 24.3. The molecule has 5 saturated heterocycles. The SMILES string of the molecule is C.C[Si](C)(C)CCOCn1nccc1-c1ccc(Oc2ccc3c(c2)OCC3CC=O)nc1.C[Si](C)(C)CCOCn1nccc1-c1ccc(Oc2ccc3c(c2)OCC3CCN2CCC(N3CCCC3=O)CC2)nc1.O=C1CCCN1C1CCCCC1.O=C1CCCN1C1CCN(CCC2COc3cc(Oc4ccc(-c5ccn[nH]5)cn4)ccc32)CC1. The topological polar surface area (TPSA) is 261 Å². The van der Waals surface area contributed by atoms with E-state index in [-0.39, 0.29) is 13.3 Å². The van der Waals surface area contributed by atoms with Crippen LogP contribution in [0.2, 0.25) is 51.4 Å². The second-order valence-electron chi connectivity index (χ2n) is 36.2. The standard InChI is InChI=1S/C33H45N5O4Si.C27H31N5O3.C24H29N3O4Si.C10H17NO.CH4/c1-43(2,3)20-19-40-24-38-30(10-14-35-38)25-6-9-32(34-22-25)42-28-7-8-29-26(23-41-31(29)21-28)11-16-36-17-12-27(13-18-36)37-15-4-5-33(37)39;33-27-2-1-12-32(27)21-9-14-31(15-10-21)13-8-20-18-34-25-16-22(4-5-23(20)25)35-26-6-3-19(17-28-26)24-7-11-29-30-24;1-32(2,3)13-12-29-17-27-22(8-10-26-27)18-4-7-24(25-15-18)31-20-5-6-21-19(9-11-28)16-30-23(21)14-20;12-10-7-4-8-11(10)9-5-2-1-3-6-9;/h6-10,14,21-22,26-27H,4-5,11-13,15-20,23-24H2,1-3H3;3-7,11,16-17,20-21H,1-2,8-10,12-15,18H2,(H,29,30);4-8,10-11,14-15,19H,9,12-13,16-17H2,1-3H3;9H,1-8H2;1H4. The van der Waals surface area contributed by atoms with Gasteiger partial charge in [0.2, 0.25) is 35.4 Å². The Bertz CT molecular complexity index is 4880. The fourth-order valence-electron chi connectivity index (χ4n) is 17.9. The van der Waals surface area contributed by atoms with Gasteiger partial charge in [-0.25, -0.2) is 24.3 Å². The van der Waals surface area contributed by atoms with Gasteiger partial charge in [0.05, 0.1) is 36.9 Å². The predicted molar refractivity (Wildman–Crippen MR) is 480 cm³/mol. The number of ether oxygens (including phenoxy) is 8. The number of hydrogen-bond acceptors (Lipinski definition) is 20. The van der Waals surface area contributed by atoms with Crippen molar-refractivity contribution in [1.82, 2.24) is 69.2 Å². The zero-order valence-corrected chi connectivity index (χ0v) is 74.1. The summed E-state index contributed by atoms with van der Waals surface area (Å²) in [5.74, 6) is 8.29. The van der Waals surface area contributed by atoms with Crippen molar-refractivity contribution in [2.75, 3.05) is 91.9 Å². The van der Waals surface area contributed by atoms with Crippen molar-refractivity contribution in [1.29, 1.82) is 0 Å². The minimum Gasteiger partial charge on any atom is -0.493 e. The number of pyridine rings is 3. The lowest BCUT2D eigenvalue weighted by Crippen LogP contribution is -2.45. The maximum absolute atomic E-state index is 12.1. The number of nitrogens with zero attached hydrogens (tertiary/aromatic N) is 13. The molecule has 6 fully saturated rings. The minimum atomic E-state index is -1.12. The highest BCUT2D eigenvalue weighted by molar-refractivity contribution is 6.76. The molecular weight excluding hydrogens is 1590 g/mol. The van der Waals surface area contributed by atoms with Gasteiger partial charge in [0, 0.05) is 244 Å². The molecule has 1 aliphatic carbocycles. The van der Waals surface area contributed by atoms with Crippen molar-refractivity contribution in [2.45, 2.75) is 224 Å². The Morgan fingerprint density at radius 2 is 0.846 bits per heavy atom. The highest BCUT2D eigenvalue weighted by Crippen LogP contribution is 2.43. The number of carbonyl (C=O) groups is 4. The minimum absolute atomic E-state index is 0. The molecule has 18 rings (SSSR count). The number of piperidine rings is 2. The van der Waals surface area contributed by atoms with Gasteiger partial charge >= 0.3 is 0 Å². The fraction of sp³-hybridized carbons (Fsp3) is 0.516. The number of aromatic amines is 1. The molecule has 656 valence electrons. The molecule has 9 aromatic rings. The summed E-state index contributed by atoms with van der Waals surface area (Å²) >= 11 is 0. The van der Waals surface area contributed by atoms with E-state index in [1.807, 2.05) is 113 Å². The van der Waals surface area contributed by atoms with Crippen LogP contribution >= 0.6 is 0 Å². The van der Waals surface area contributed by atoms with Gasteiger partial charge in [-0.2, -0.15) is 15.3 Å². The monoisotopic (exact) mass is 1710 g/mol. The number of likely N-dealkylation sites (tertiary alicyclic amines) is 5. The number of fused-ring (bicyclic) bond motifs is 3. The first kappa shape index (κ1) is 89.2. The summed E-state index contributed by atoms with van der Waals surface area (Å²) in [6.45, 7) is 27.8. The molecule has 9 aliphatic rings. The van der Waals surface area contributed by atoms with Crippen molar-refractivity contribution in [2.24, 2.45) is 0 Å². The van der Waals surface area contributed by atoms with Crippen molar-refractivity contribution in [3.8, 4) is 85.9 Å². The van der Waals surface area contributed by atoms with E-state index in [4.69, 9.17) is 37.9 Å². The summed E-state index contributed by atoms with van der Waals surface area (Å²) in [5, 5.41) is 15.7. The van der Waals surface area contributed by atoms with Crippen molar-refractivity contribution >= 4 is 40.2 Å². The van der Waals surface area contributed by atoms with E-state index in [1.54, 1.807) is 31.0 Å². The number of H-pyrrole nitrogens is 1. The van der Waals surface area contributed by atoms with Crippen LogP contribution in [0.25, 0.3) is 33.8 Å². The number of rotatable bonds is 30. The van der Waals surface area contributed by atoms with Crippen LogP contribution in [0.4, 0.5) is 0 Å². The smallest absolute Gasteiger partial charge is 0.222 e. The van der Waals surface area contributed by atoms with Gasteiger partial charge in [0.15, 0.2) is 0 Å². The highest BCUT2D eigenvalue weighted by atomic mass is 28.3. The molecule has 26 nitrogen and oxygen atoms in total. The summed E-state index contributed by atoms with van der Waals surface area (Å²) in [6.07, 6.45) is 30.5. The van der Waals surface area contributed by atoms with E-state index in [1.165, 1.54) is 43.2 Å². The van der Waals surface area contributed by atoms with E-state index in [2.05, 4.69) is 111 Å². The number of amides is 3. The third-order valence-corrected chi connectivity index (χ3v) is 28.4. The maximum Gasteiger partial charge on any atom is 0.222 e. The second kappa shape index (κ2) is 42.5. The van der Waals surface area contributed by atoms with Crippen LogP contribution in [-0.4, -0.2) is 219 Å². The summed E-state index contributed by atoms with van der Waals surface area (Å²) in [7, 11) is -2.23. The first-order valence-electron chi connectivity index (χ1n) is 44.5. The van der Waals surface area contributed by atoms with E-state index in [0.717, 1.165) is 236 Å². The Morgan fingerprint density at radius 3 is 1.21 bits per heavy atom. The van der Waals surface area contributed by atoms with Crippen LogP contribution in [0.1, 0.15) is 157 Å². The van der Waals surface area contributed by atoms with Gasteiger partial charge in [-0.1, -0.05) is 84.2 Å². The average Bonchev–Trinajstić information content (AvgIpc) is 1.77. The van der Waals surface area contributed by atoms with Crippen molar-refractivity contribution in [3.63, 3.8) is 0 Å². The quantitative estimate of drug-likeness (QED) is 0.0249. The van der Waals surface area contributed by atoms with Gasteiger partial charge in [-0.15, -0.1) is 0 Å². The average molecular weight is 1710 g/mol. The summed E-state index contributed by atoms with van der Waals surface area (Å²) in [6, 6.07) is 39.0. The van der Waals surface area contributed by atoms with Crippen molar-refractivity contribution in [3.05, 3.63) is 163 Å². The van der Waals surface area contributed by atoms with Crippen LogP contribution in [0.5, 0.6) is 52.1 Å². The molecule has 6 aromatic heterocycles. The number of aldehydes is 1. The number of nitrogens with one attached hydrogen (secondary N) is 1. The van der Waals surface area contributed by atoms with E-state index >= 15 is 0 Å². The Kier molecular flexibility index (Phi) is 30.8. The van der Waals surface area contributed by atoms with Gasteiger partial charge in [-0.3, -0.25) is 19.5 Å². The molecule has 1 N–H and O–H groups in total. The van der Waals surface area contributed by atoms with Crippen LogP contribution < -0.4 is 28.4 Å². The zero-order valence-electron chi connectivity index (χ0n) is 72.1. The maximum atomic E-state index is 12.1. The van der Waals surface area contributed by atoms with Crippen molar-refractivity contribution < 1.29 is 57.1 Å². The molecular formula is C95H126N14O12Si2. The Hall–Kier alpha value is -10.1. The van der Waals surface area contributed by atoms with Gasteiger partial charge in [-0.05, 0) is 150 Å². The van der Waals surface area contributed by atoms with Crippen LogP contribution in [0.15, 0.2) is 146 Å². The molecule has 0 bridgehead atoms. The Morgan fingerprint density at radius 1 is 0.447 bits per heavy atom. The van der Waals surface area contributed by atoms with Crippen LogP contribution in [0.3, 0.4) is 0 Å². The summed E-state index contributed by atoms with van der Waals surface area (Å²) in [4.78, 5) is 71.3. The molecule has 8 aliphatic heterocycles. The number of aromatic nitrogens is 9. The number of carbonyl (C=O) groups excluding carboxylic acids is 4. The van der Waals surface area contributed by atoms with Gasteiger partial charge in [0.1, 0.15) is 54.2 Å². The molecule has 3 atom stereocenters. The number of benzene rings is 3. The van der Waals surface area contributed by atoms with Gasteiger partial charge in [0.25, 0.3) is 0 Å². The second-order valence-corrected chi connectivity index (χ2v) is 47.4. The lowest BCUT2D eigenvalue weighted by molar-refractivity contribution is -0.131. The molecule has 0 spiro atoms. The molecule has 0 radical (unpaired) electrons. The zero-order chi connectivity index (χ0) is 84.4. The van der Waals surface area contributed by atoms with E-state index in [9.17, 15) is 19.2 Å². The molecule has 3 unspecified atom stereocenters.